The van der Waals surface area contributed by atoms with Gasteiger partial charge in [-0.3, -0.25) is 0 Å². The van der Waals surface area contributed by atoms with Gasteiger partial charge < -0.3 is 5.43 Å². The number of fused-ring (bicyclic) bond motifs is 1. The average Bonchev–Trinajstić information content (AvgIpc) is 3.12. The molecule has 0 aliphatic heterocycles. The topological polar surface area (TPSA) is 50.9 Å². The minimum absolute atomic E-state index is 0.664. The highest BCUT2D eigenvalue weighted by molar-refractivity contribution is 7.12. The number of nitrogens with one attached hydrogen (secondary N) is 1. The van der Waals surface area contributed by atoms with Crippen LogP contribution in [0.2, 0.25) is 5.02 Å². The molecular formula is C21H20ClN3S2. The molecule has 0 atom stereocenters. The van der Waals surface area contributed by atoms with Crippen LogP contribution < -0.4 is 11.3 Å². The maximum absolute atomic E-state index is 6.25. The summed E-state index contributed by atoms with van der Waals surface area (Å²) in [6.07, 6.45) is 0. The lowest BCUT2D eigenvalue weighted by Crippen LogP contribution is -2.11. The molecule has 0 radical (unpaired) electrons. The van der Waals surface area contributed by atoms with Gasteiger partial charge in [-0.1, -0.05) is 17.7 Å². The second-order valence-electron chi connectivity index (χ2n) is 6.67. The van der Waals surface area contributed by atoms with E-state index in [1.54, 1.807) is 22.7 Å². The molecule has 0 aliphatic rings. The van der Waals surface area contributed by atoms with Crippen molar-refractivity contribution >= 4 is 51.0 Å². The van der Waals surface area contributed by atoms with Gasteiger partial charge in [0.15, 0.2) is 0 Å². The van der Waals surface area contributed by atoms with Gasteiger partial charge in [0.05, 0.1) is 5.52 Å². The molecule has 0 spiro atoms. The summed E-state index contributed by atoms with van der Waals surface area (Å²) in [5.74, 6) is 6.59. The first-order chi connectivity index (χ1) is 12.9. The van der Waals surface area contributed by atoms with E-state index in [4.69, 9.17) is 22.4 Å². The van der Waals surface area contributed by atoms with Gasteiger partial charge in [0.1, 0.15) is 5.82 Å². The van der Waals surface area contributed by atoms with Gasteiger partial charge in [0, 0.05) is 41.0 Å². The number of rotatable bonds is 3. The number of aryl methyl sites for hydroxylation is 4. The van der Waals surface area contributed by atoms with Crippen molar-refractivity contribution in [2.45, 2.75) is 27.7 Å². The Kier molecular flexibility index (Phi) is 4.72. The summed E-state index contributed by atoms with van der Waals surface area (Å²) in [5, 5.41) is 1.75. The largest absolute Gasteiger partial charge is 0.308 e. The van der Waals surface area contributed by atoms with Gasteiger partial charge in [-0.15, -0.1) is 22.7 Å². The summed E-state index contributed by atoms with van der Waals surface area (Å²) >= 11 is 9.84. The summed E-state index contributed by atoms with van der Waals surface area (Å²) in [5.41, 5.74) is 8.28. The number of aromatic nitrogens is 1. The fourth-order valence-electron chi connectivity index (χ4n) is 3.64. The number of hydrazine groups is 1. The Bertz CT molecular complexity index is 1170. The number of nitrogens with zero attached hydrogens (tertiary/aromatic N) is 1. The van der Waals surface area contributed by atoms with Gasteiger partial charge in [-0.25, -0.2) is 10.8 Å². The summed E-state index contributed by atoms with van der Waals surface area (Å²) in [7, 11) is 0. The normalized spacial score (nSPS) is 11.3. The zero-order valence-corrected chi connectivity index (χ0v) is 18.0. The smallest absolute Gasteiger partial charge is 0.149 e. The number of halogens is 1. The lowest BCUT2D eigenvalue weighted by molar-refractivity contribution is 1.26. The van der Waals surface area contributed by atoms with E-state index in [0.29, 0.717) is 10.8 Å². The Hall–Kier alpha value is -1.92. The standard InChI is InChI=1S/C21H20ClN3S2/c1-10-7-16(12(3)26-10)19-15-6-5-14(22)9-18(15)24-21(25-23)20(19)17-8-11(2)27-13(17)4/h5-9H,23H2,1-4H3,(H,24,25). The lowest BCUT2D eigenvalue weighted by Gasteiger charge is -2.17. The molecule has 0 bridgehead atoms. The van der Waals surface area contributed by atoms with Crippen LogP contribution in [0.3, 0.4) is 0 Å². The highest BCUT2D eigenvalue weighted by Gasteiger charge is 2.22. The highest BCUT2D eigenvalue weighted by Crippen LogP contribution is 2.46. The first kappa shape index (κ1) is 18.4. The number of hydrogen-bond acceptors (Lipinski definition) is 5. The third kappa shape index (κ3) is 3.15. The van der Waals surface area contributed by atoms with Crippen molar-refractivity contribution in [1.29, 1.82) is 0 Å². The minimum atomic E-state index is 0.664. The van der Waals surface area contributed by atoms with Crippen molar-refractivity contribution in [3.8, 4) is 22.3 Å². The van der Waals surface area contributed by atoms with Gasteiger partial charge in [0.25, 0.3) is 0 Å². The van der Waals surface area contributed by atoms with Crippen LogP contribution in [0.4, 0.5) is 5.82 Å². The second-order valence-corrected chi connectivity index (χ2v) is 10.0. The van der Waals surface area contributed by atoms with Crippen molar-refractivity contribution in [2.75, 3.05) is 5.43 Å². The molecule has 3 aromatic heterocycles. The molecule has 3 N–H and O–H groups in total. The van der Waals surface area contributed by atoms with Gasteiger partial charge in [-0.2, -0.15) is 0 Å². The molecule has 3 heterocycles. The van der Waals surface area contributed by atoms with Crippen molar-refractivity contribution in [2.24, 2.45) is 5.84 Å². The maximum atomic E-state index is 6.25. The molecule has 4 aromatic rings. The monoisotopic (exact) mass is 413 g/mol. The van der Waals surface area contributed by atoms with Crippen LogP contribution in [0, 0.1) is 27.7 Å². The summed E-state index contributed by atoms with van der Waals surface area (Å²) in [6, 6.07) is 10.4. The van der Waals surface area contributed by atoms with Crippen LogP contribution in [-0.2, 0) is 0 Å². The van der Waals surface area contributed by atoms with Gasteiger partial charge >= 0.3 is 0 Å². The third-order valence-electron chi connectivity index (χ3n) is 4.71. The number of nitrogens with two attached hydrogens (primary N) is 1. The molecule has 6 heteroatoms. The lowest BCUT2D eigenvalue weighted by atomic mass is 9.92. The van der Waals surface area contributed by atoms with E-state index >= 15 is 0 Å². The predicted octanol–water partition coefficient (Wildman–Crippen LogP) is 6.86. The first-order valence-corrected chi connectivity index (χ1v) is 10.6. The Morgan fingerprint density at radius 3 is 2.00 bits per heavy atom. The molecule has 0 aliphatic carbocycles. The van der Waals surface area contributed by atoms with Crippen molar-refractivity contribution in [3.63, 3.8) is 0 Å². The molecule has 138 valence electrons. The molecule has 27 heavy (non-hydrogen) atoms. The molecule has 3 nitrogen and oxygen atoms in total. The van der Waals surface area contributed by atoms with Crippen LogP contribution in [-0.4, -0.2) is 4.98 Å². The molecule has 1 aromatic carbocycles. The number of hydrogen-bond donors (Lipinski definition) is 2. The van der Waals surface area contributed by atoms with E-state index in [-0.39, 0.29) is 0 Å². The first-order valence-electron chi connectivity index (χ1n) is 8.63. The van der Waals surface area contributed by atoms with Crippen LogP contribution in [0.1, 0.15) is 19.5 Å². The van der Waals surface area contributed by atoms with E-state index in [2.05, 4.69) is 51.3 Å². The molecule has 0 unspecified atom stereocenters. The summed E-state index contributed by atoms with van der Waals surface area (Å²) in [6.45, 7) is 8.59. The van der Waals surface area contributed by atoms with Crippen LogP contribution in [0.5, 0.6) is 0 Å². The fourth-order valence-corrected chi connectivity index (χ4v) is 5.67. The predicted molar refractivity (Wildman–Crippen MR) is 120 cm³/mol. The Balaban J connectivity index is 2.21. The number of thiophene rings is 2. The van der Waals surface area contributed by atoms with E-state index in [9.17, 15) is 0 Å². The Morgan fingerprint density at radius 2 is 1.48 bits per heavy atom. The molecule has 0 amide bonds. The fraction of sp³-hybridized carbons (Fsp3) is 0.190. The zero-order chi connectivity index (χ0) is 19.3. The van der Waals surface area contributed by atoms with Crippen LogP contribution >= 0.6 is 34.3 Å². The van der Waals surface area contributed by atoms with Gasteiger partial charge in [0.2, 0.25) is 0 Å². The number of nitrogen functional groups attached to an aromatic ring is 1. The highest BCUT2D eigenvalue weighted by atomic mass is 35.5. The number of pyridine rings is 1. The van der Waals surface area contributed by atoms with E-state index in [1.165, 1.54) is 30.6 Å². The zero-order valence-electron chi connectivity index (χ0n) is 15.6. The van der Waals surface area contributed by atoms with E-state index in [0.717, 1.165) is 22.0 Å². The van der Waals surface area contributed by atoms with Crippen molar-refractivity contribution < 1.29 is 0 Å². The third-order valence-corrected chi connectivity index (χ3v) is 6.87. The Labute approximate surface area is 171 Å². The Morgan fingerprint density at radius 1 is 0.889 bits per heavy atom. The molecule has 0 saturated carbocycles. The molecule has 4 rings (SSSR count). The van der Waals surface area contributed by atoms with E-state index < -0.39 is 0 Å². The summed E-state index contributed by atoms with van der Waals surface area (Å²) in [4.78, 5) is 9.88. The quantitative estimate of drug-likeness (QED) is 0.284. The van der Waals surface area contributed by atoms with E-state index in [1.807, 2.05) is 12.1 Å². The SMILES string of the molecule is Cc1cc(-c2c(NN)nc3cc(Cl)ccc3c2-c2cc(C)sc2C)c(C)s1. The van der Waals surface area contributed by atoms with Crippen LogP contribution in [0.15, 0.2) is 30.3 Å². The molecular weight excluding hydrogens is 394 g/mol. The van der Waals surface area contributed by atoms with Crippen molar-refractivity contribution in [3.05, 3.63) is 54.9 Å². The van der Waals surface area contributed by atoms with Crippen LogP contribution in [0.25, 0.3) is 33.2 Å². The number of benzene rings is 1. The average molecular weight is 414 g/mol. The summed E-state index contributed by atoms with van der Waals surface area (Å²) < 4.78 is 0. The van der Waals surface area contributed by atoms with Crippen molar-refractivity contribution in [1.82, 2.24) is 4.98 Å². The molecule has 0 saturated heterocycles. The second kappa shape index (κ2) is 6.91. The number of anilines is 1. The molecule has 0 fully saturated rings. The minimum Gasteiger partial charge on any atom is -0.308 e. The maximum Gasteiger partial charge on any atom is 0.149 e. The van der Waals surface area contributed by atoms with Gasteiger partial charge in [-0.05, 0) is 63.1 Å².